The first-order chi connectivity index (χ1) is 16.0. The predicted octanol–water partition coefficient (Wildman–Crippen LogP) is 6.43. The van der Waals surface area contributed by atoms with Gasteiger partial charge in [-0.3, -0.25) is 10.1 Å². The molecule has 5 aromatic heterocycles. The maximum atomic E-state index is 4.96. The average molecular weight is 451 g/mol. The van der Waals surface area contributed by atoms with Crippen molar-refractivity contribution >= 4 is 33.5 Å². The highest BCUT2D eigenvalue weighted by Gasteiger charge is 2.19. The van der Waals surface area contributed by atoms with E-state index in [4.69, 9.17) is 4.98 Å². The van der Waals surface area contributed by atoms with Crippen molar-refractivity contribution in [2.75, 3.05) is 0 Å². The number of nitrogens with one attached hydrogen (secondary N) is 2. The molecular formula is C26H22N6S. The molecule has 5 heterocycles. The van der Waals surface area contributed by atoms with E-state index < -0.39 is 0 Å². The van der Waals surface area contributed by atoms with Crippen LogP contribution in [0.3, 0.4) is 0 Å². The fourth-order valence-corrected chi connectivity index (χ4v) is 4.69. The van der Waals surface area contributed by atoms with Crippen LogP contribution in [0.1, 0.15) is 28.1 Å². The monoisotopic (exact) mass is 450 g/mol. The van der Waals surface area contributed by atoms with Crippen LogP contribution in [0.4, 0.5) is 0 Å². The second-order valence-corrected chi connectivity index (χ2v) is 8.83. The predicted molar refractivity (Wildman–Crippen MR) is 136 cm³/mol. The Kier molecular flexibility index (Phi) is 5.32. The topological polar surface area (TPSA) is 83.1 Å². The van der Waals surface area contributed by atoms with Crippen molar-refractivity contribution in [1.29, 1.82) is 0 Å². The Labute approximate surface area is 195 Å². The van der Waals surface area contributed by atoms with Gasteiger partial charge in [0.25, 0.3) is 0 Å². The van der Waals surface area contributed by atoms with E-state index in [-0.39, 0.29) is 0 Å². The fourth-order valence-electron chi connectivity index (χ4n) is 3.73. The maximum Gasteiger partial charge on any atom is 0.181 e. The van der Waals surface area contributed by atoms with E-state index >= 15 is 0 Å². The molecule has 0 bridgehead atoms. The molecule has 0 unspecified atom stereocenters. The number of rotatable bonds is 6. The van der Waals surface area contributed by atoms with Crippen LogP contribution >= 0.6 is 11.3 Å². The molecule has 0 aliphatic carbocycles. The lowest BCUT2D eigenvalue weighted by molar-refractivity contribution is 1.08. The molecule has 0 aromatic carbocycles. The van der Waals surface area contributed by atoms with Crippen LogP contribution in [0.2, 0.25) is 0 Å². The van der Waals surface area contributed by atoms with Gasteiger partial charge in [-0.1, -0.05) is 25.3 Å². The Balaban J connectivity index is 1.59. The number of thiophene rings is 1. The van der Waals surface area contributed by atoms with Crippen LogP contribution in [0.15, 0.2) is 74.2 Å². The number of nitrogens with zero attached hydrogens (tertiary/aromatic N) is 4. The Bertz CT molecular complexity index is 1520. The standard InChI is InChI=1S/C26H22N6S/c1-5-6-19(22-8-7-21(33-22)15(2)3)23-16(4)29-26(30-23)24-20-13-18(14-28-25(20)32-31-24)17-9-11-27-12-10-17/h5-14H,1-2H2,3-4H3,(H,29,30)(H,28,31,32)/b19-6-. The summed E-state index contributed by atoms with van der Waals surface area (Å²) in [7, 11) is 0. The molecule has 5 aromatic rings. The summed E-state index contributed by atoms with van der Waals surface area (Å²) >= 11 is 1.70. The Morgan fingerprint density at radius 2 is 1.88 bits per heavy atom. The summed E-state index contributed by atoms with van der Waals surface area (Å²) in [5, 5.41) is 8.40. The summed E-state index contributed by atoms with van der Waals surface area (Å²) in [4.78, 5) is 19.3. The van der Waals surface area contributed by atoms with Crippen molar-refractivity contribution in [1.82, 2.24) is 30.1 Å². The third kappa shape index (κ3) is 3.83. The molecule has 0 atom stereocenters. The molecule has 33 heavy (non-hydrogen) atoms. The lowest BCUT2D eigenvalue weighted by atomic mass is 10.1. The van der Waals surface area contributed by atoms with E-state index in [1.165, 1.54) is 0 Å². The molecular weight excluding hydrogens is 428 g/mol. The van der Waals surface area contributed by atoms with Gasteiger partial charge in [-0.2, -0.15) is 5.10 Å². The summed E-state index contributed by atoms with van der Waals surface area (Å²) < 4.78 is 0. The van der Waals surface area contributed by atoms with E-state index in [0.717, 1.165) is 54.5 Å². The van der Waals surface area contributed by atoms with Crippen molar-refractivity contribution in [2.45, 2.75) is 13.8 Å². The smallest absolute Gasteiger partial charge is 0.181 e. The van der Waals surface area contributed by atoms with Gasteiger partial charge in [0.05, 0.1) is 11.1 Å². The molecule has 0 spiro atoms. The van der Waals surface area contributed by atoms with Crippen molar-refractivity contribution < 1.29 is 0 Å². The minimum absolute atomic E-state index is 0.643. The zero-order chi connectivity index (χ0) is 22.9. The highest BCUT2D eigenvalue weighted by atomic mass is 32.1. The van der Waals surface area contributed by atoms with Gasteiger partial charge >= 0.3 is 0 Å². The van der Waals surface area contributed by atoms with Crippen LogP contribution in [-0.2, 0) is 0 Å². The number of hydrogen-bond acceptors (Lipinski definition) is 5. The van der Waals surface area contributed by atoms with Gasteiger partial charge in [0.15, 0.2) is 11.5 Å². The van der Waals surface area contributed by atoms with Crippen molar-refractivity contribution in [2.24, 2.45) is 0 Å². The third-order valence-electron chi connectivity index (χ3n) is 5.38. The van der Waals surface area contributed by atoms with Gasteiger partial charge in [-0.05, 0) is 55.3 Å². The molecule has 0 aliphatic heterocycles. The van der Waals surface area contributed by atoms with Gasteiger partial charge < -0.3 is 4.98 Å². The molecule has 162 valence electrons. The first kappa shape index (κ1) is 20.8. The van der Waals surface area contributed by atoms with E-state index in [2.05, 4.69) is 56.5 Å². The summed E-state index contributed by atoms with van der Waals surface area (Å²) in [5.41, 5.74) is 7.38. The van der Waals surface area contributed by atoms with Crippen LogP contribution in [0.5, 0.6) is 0 Å². The Hall–Kier alpha value is -4.10. The molecule has 5 rings (SSSR count). The fraction of sp³-hybridized carbons (Fsp3) is 0.0769. The minimum Gasteiger partial charge on any atom is -0.340 e. The molecule has 0 aliphatic rings. The lowest BCUT2D eigenvalue weighted by Crippen LogP contribution is -1.88. The second kappa shape index (κ2) is 8.44. The number of aromatic nitrogens is 6. The van der Waals surface area contributed by atoms with Gasteiger partial charge in [0.1, 0.15) is 5.69 Å². The molecule has 0 amide bonds. The number of H-pyrrole nitrogens is 2. The van der Waals surface area contributed by atoms with Gasteiger partial charge in [-0.25, -0.2) is 9.97 Å². The number of imidazole rings is 1. The summed E-state index contributed by atoms with van der Waals surface area (Å²) in [6.07, 6.45) is 9.15. The number of hydrogen-bond donors (Lipinski definition) is 2. The Morgan fingerprint density at radius 1 is 1.09 bits per heavy atom. The molecule has 0 radical (unpaired) electrons. The quantitative estimate of drug-likeness (QED) is 0.292. The number of allylic oxidation sites excluding steroid dienone is 3. The maximum absolute atomic E-state index is 4.96. The van der Waals surface area contributed by atoms with Crippen LogP contribution in [0.25, 0.3) is 44.8 Å². The molecule has 6 nitrogen and oxygen atoms in total. The number of pyridine rings is 2. The van der Waals surface area contributed by atoms with Crippen LogP contribution in [-0.4, -0.2) is 30.1 Å². The normalized spacial score (nSPS) is 11.8. The van der Waals surface area contributed by atoms with Gasteiger partial charge in [0, 0.05) is 45.2 Å². The van der Waals surface area contributed by atoms with E-state index in [1.54, 1.807) is 29.8 Å². The first-order valence-electron chi connectivity index (χ1n) is 10.5. The third-order valence-corrected chi connectivity index (χ3v) is 6.66. The zero-order valence-electron chi connectivity index (χ0n) is 18.4. The van der Waals surface area contributed by atoms with Gasteiger partial charge in [0.2, 0.25) is 0 Å². The number of aromatic amines is 2. The number of aryl methyl sites for hydroxylation is 1. The van der Waals surface area contributed by atoms with Crippen LogP contribution in [0, 0.1) is 6.92 Å². The lowest BCUT2D eigenvalue weighted by Gasteiger charge is -2.02. The van der Waals surface area contributed by atoms with E-state index in [1.807, 2.05) is 38.3 Å². The molecule has 0 fully saturated rings. The first-order valence-corrected chi connectivity index (χ1v) is 11.3. The summed E-state index contributed by atoms with van der Waals surface area (Å²) in [6, 6.07) is 10.2. The summed E-state index contributed by atoms with van der Waals surface area (Å²) in [6.45, 7) is 12.0. The second-order valence-electron chi connectivity index (χ2n) is 7.75. The number of fused-ring (bicyclic) bond motifs is 1. The SMILES string of the molecule is C=C/C=C(/c1ccc(C(=C)C)s1)c1nc(-c2[nH]nc3ncc(-c4ccncc4)cc23)[nH]c1C. The largest absolute Gasteiger partial charge is 0.340 e. The zero-order valence-corrected chi connectivity index (χ0v) is 19.2. The van der Waals surface area contributed by atoms with Crippen molar-refractivity contribution in [3.05, 3.63) is 95.4 Å². The van der Waals surface area contributed by atoms with Crippen LogP contribution < -0.4 is 0 Å². The molecule has 7 heteroatoms. The van der Waals surface area contributed by atoms with E-state index in [9.17, 15) is 0 Å². The average Bonchev–Trinajstić information content (AvgIpc) is 3.56. The summed E-state index contributed by atoms with van der Waals surface area (Å²) in [5.74, 6) is 0.713. The molecule has 2 N–H and O–H groups in total. The highest BCUT2D eigenvalue weighted by Crippen LogP contribution is 2.35. The Morgan fingerprint density at radius 3 is 2.61 bits per heavy atom. The minimum atomic E-state index is 0.643. The van der Waals surface area contributed by atoms with Crippen molar-refractivity contribution in [3.63, 3.8) is 0 Å². The van der Waals surface area contributed by atoms with E-state index in [0.29, 0.717) is 11.5 Å². The van der Waals surface area contributed by atoms with Crippen molar-refractivity contribution in [3.8, 4) is 22.6 Å². The molecule has 0 saturated carbocycles. The molecule has 0 saturated heterocycles. The van der Waals surface area contributed by atoms with Gasteiger partial charge in [-0.15, -0.1) is 11.3 Å². The highest BCUT2D eigenvalue weighted by molar-refractivity contribution is 7.14.